The highest BCUT2D eigenvalue weighted by molar-refractivity contribution is 5.94. The van der Waals surface area contributed by atoms with E-state index < -0.39 is 24.5 Å². The third kappa shape index (κ3) is 2.26. The average Bonchev–Trinajstić information content (AvgIpc) is 2.65. The van der Waals surface area contributed by atoms with E-state index in [1.807, 2.05) is 0 Å². The fraction of sp³-hybridized carbons (Fsp3) is 0.333. The molecule has 4 N–H and O–H groups in total. The first-order chi connectivity index (χ1) is 6.65. The summed E-state index contributed by atoms with van der Waals surface area (Å²) in [4.78, 5) is 21.6. The van der Waals surface area contributed by atoms with E-state index in [9.17, 15) is 9.59 Å². The monoisotopic (exact) mass is 200 g/mol. The first-order valence-corrected chi connectivity index (χ1v) is 3.65. The Balaban J connectivity index is 2.60. The summed E-state index contributed by atoms with van der Waals surface area (Å²) in [6, 6.07) is -1.33. The molecule has 1 amide bonds. The number of aliphatic carboxylic acids is 1. The van der Waals surface area contributed by atoms with Crippen LogP contribution in [0.1, 0.15) is 10.5 Å². The molecule has 0 unspecified atom stereocenters. The van der Waals surface area contributed by atoms with E-state index in [1.165, 1.54) is 0 Å². The Labute approximate surface area is 77.9 Å². The van der Waals surface area contributed by atoms with E-state index in [4.69, 9.17) is 10.2 Å². The molecule has 0 saturated heterocycles. The lowest BCUT2D eigenvalue weighted by molar-refractivity contribution is -0.140. The van der Waals surface area contributed by atoms with Gasteiger partial charge in [-0.3, -0.25) is 4.79 Å². The van der Waals surface area contributed by atoms with Crippen LogP contribution in [0, 0.1) is 0 Å². The van der Waals surface area contributed by atoms with E-state index >= 15 is 0 Å². The summed E-state index contributed by atoms with van der Waals surface area (Å²) < 4.78 is 0. The topological polar surface area (TPSA) is 128 Å². The molecule has 0 aromatic carbocycles. The predicted octanol–water partition coefficient (Wildman–Crippen LogP) is -2.02. The second-order valence-corrected chi connectivity index (χ2v) is 2.40. The Morgan fingerprint density at radius 3 is 2.79 bits per heavy atom. The fourth-order valence-corrected chi connectivity index (χ4v) is 0.729. The zero-order valence-electron chi connectivity index (χ0n) is 6.97. The quantitative estimate of drug-likeness (QED) is 0.444. The first kappa shape index (κ1) is 10.1. The van der Waals surface area contributed by atoms with Gasteiger partial charge in [-0.25, -0.2) is 4.79 Å². The number of nitrogens with one attached hydrogen (secondary N) is 2. The van der Waals surface area contributed by atoms with Crippen LogP contribution in [0.3, 0.4) is 0 Å². The molecule has 8 heteroatoms. The van der Waals surface area contributed by atoms with Gasteiger partial charge in [0.25, 0.3) is 5.91 Å². The molecular formula is C6H8N4O4. The second-order valence-electron chi connectivity index (χ2n) is 2.40. The van der Waals surface area contributed by atoms with Crippen molar-refractivity contribution >= 4 is 11.9 Å². The highest BCUT2D eigenvalue weighted by Gasteiger charge is 2.20. The predicted molar refractivity (Wildman–Crippen MR) is 42.4 cm³/mol. The van der Waals surface area contributed by atoms with E-state index in [0.29, 0.717) is 0 Å². The number of amides is 1. The van der Waals surface area contributed by atoms with Crippen molar-refractivity contribution in [2.75, 3.05) is 6.61 Å². The largest absolute Gasteiger partial charge is 0.480 e. The Bertz CT molecular complexity index is 323. The summed E-state index contributed by atoms with van der Waals surface area (Å²) in [5.41, 5.74) is -0.0373. The lowest BCUT2D eigenvalue weighted by Gasteiger charge is -2.09. The van der Waals surface area contributed by atoms with Crippen LogP contribution in [0.25, 0.3) is 0 Å². The third-order valence-corrected chi connectivity index (χ3v) is 1.43. The van der Waals surface area contributed by atoms with Crippen LogP contribution in [-0.2, 0) is 4.79 Å². The van der Waals surface area contributed by atoms with Gasteiger partial charge >= 0.3 is 5.97 Å². The second kappa shape index (κ2) is 4.33. The smallest absolute Gasteiger partial charge is 0.328 e. The SMILES string of the molecule is O=C(N[C@H](CO)C(=O)O)c1cn[nH]n1. The first-order valence-electron chi connectivity index (χ1n) is 3.65. The molecule has 0 fully saturated rings. The summed E-state index contributed by atoms with van der Waals surface area (Å²) in [5, 5.41) is 28.2. The number of aromatic nitrogens is 3. The van der Waals surface area contributed by atoms with Gasteiger partial charge in [0.2, 0.25) is 0 Å². The minimum Gasteiger partial charge on any atom is -0.480 e. The van der Waals surface area contributed by atoms with E-state index in [1.54, 1.807) is 0 Å². The number of aromatic amines is 1. The number of rotatable bonds is 4. The van der Waals surface area contributed by atoms with Gasteiger partial charge in [0, 0.05) is 0 Å². The molecule has 0 bridgehead atoms. The average molecular weight is 200 g/mol. The Hall–Kier alpha value is -1.96. The maximum Gasteiger partial charge on any atom is 0.328 e. The van der Waals surface area contributed by atoms with E-state index in [0.717, 1.165) is 6.20 Å². The van der Waals surface area contributed by atoms with Gasteiger partial charge in [-0.05, 0) is 0 Å². The lowest BCUT2D eigenvalue weighted by atomic mass is 10.3. The zero-order valence-corrected chi connectivity index (χ0v) is 6.97. The normalized spacial score (nSPS) is 12.1. The number of aliphatic hydroxyl groups is 1. The van der Waals surface area contributed by atoms with Crippen molar-refractivity contribution in [2.45, 2.75) is 6.04 Å². The van der Waals surface area contributed by atoms with Crippen LogP contribution in [0.15, 0.2) is 6.20 Å². The van der Waals surface area contributed by atoms with Gasteiger partial charge in [0.15, 0.2) is 11.7 Å². The minimum atomic E-state index is -1.33. The molecule has 0 saturated carbocycles. The van der Waals surface area contributed by atoms with E-state index in [2.05, 4.69) is 20.7 Å². The lowest BCUT2D eigenvalue weighted by Crippen LogP contribution is -2.43. The maximum absolute atomic E-state index is 11.2. The maximum atomic E-state index is 11.2. The highest BCUT2D eigenvalue weighted by Crippen LogP contribution is 1.90. The van der Waals surface area contributed by atoms with Crippen LogP contribution in [0.4, 0.5) is 0 Å². The van der Waals surface area contributed by atoms with Gasteiger partial charge in [0.1, 0.15) is 0 Å². The molecule has 76 valence electrons. The van der Waals surface area contributed by atoms with Crippen LogP contribution >= 0.6 is 0 Å². The molecule has 0 aliphatic rings. The fourth-order valence-electron chi connectivity index (χ4n) is 0.729. The Morgan fingerprint density at radius 1 is 1.64 bits per heavy atom. The van der Waals surface area contributed by atoms with Gasteiger partial charge in [-0.1, -0.05) is 0 Å². The molecule has 1 aromatic heterocycles. The molecule has 8 nitrogen and oxygen atoms in total. The molecule has 0 aliphatic carbocycles. The molecule has 0 spiro atoms. The standard InChI is InChI=1S/C6H8N4O4/c11-2-4(6(13)14)8-5(12)3-1-7-10-9-3/h1,4,11H,2H2,(H,8,12)(H,13,14)(H,7,9,10)/t4-/m1/s1. The molecular weight excluding hydrogens is 192 g/mol. The number of H-pyrrole nitrogens is 1. The molecule has 0 radical (unpaired) electrons. The van der Waals surface area contributed by atoms with Crippen molar-refractivity contribution in [1.29, 1.82) is 0 Å². The Kier molecular flexibility index (Phi) is 3.13. The molecule has 1 atom stereocenters. The van der Waals surface area contributed by atoms with Gasteiger partial charge in [-0.15, -0.1) is 0 Å². The van der Waals surface area contributed by atoms with Crippen LogP contribution in [0.2, 0.25) is 0 Å². The number of hydrogen-bond acceptors (Lipinski definition) is 5. The number of nitrogens with zero attached hydrogens (tertiary/aromatic N) is 2. The number of aliphatic hydroxyl groups excluding tert-OH is 1. The molecule has 14 heavy (non-hydrogen) atoms. The molecule has 1 heterocycles. The number of carboxylic acid groups (broad SMARTS) is 1. The van der Waals surface area contributed by atoms with Crippen LogP contribution in [0.5, 0.6) is 0 Å². The molecule has 0 aliphatic heterocycles. The van der Waals surface area contributed by atoms with Gasteiger partial charge < -0.3 is 15.5 Å². The molecule has 1 rings (SSSR count). The van der Waals surface area contributed by atoms with Crippen LogP contribution < -0.4 is 5.32 Å². The van der Waals surface area contributed by atoms with Crippen molar-refractivity contribution in [2.24, 2.45) is 0 Å². The number of carbonyl (C=O) groups excluding carboxylic acids is 1. The number of carboxylic acids is 1. The van der Waals surface area contributed by atoms with Crippen molar-refractivity contribution in [3.05, 3.63) is 11.9 Å². The summed E-state index contributed by atoms with van der Waals surface area (Å²) >= 11 is 0. The highest BCUT2D eigenvalue weighted by atomic mass is 16.4. The number of hydrogen-bond donors (Lipinski definition) is 4. The summed E-state index contributed by atoms with van der Waals surface area (Å²) in [6.07, 6.45) is 1.14. The van der Waals surface area contributed by atoms with Crippen molar-refractivity contribution in [3.8, 4) is 0 Å². The number of carbonyl (C=O) groups is 2. The molecule has 1 aromatic rings. The summed E-state index contributed by atoms with van der Waals surface area (Å²) in [6.45, 7) is -0.682. The zero-order chi connectivity index (χ0) is 10.6. The van der Waals surface area contributed by atoms with Gasteiger partial charge in [0.05, 0.1) is 12.8 Å². The Morgan fingerprint density at radius 2 is 2.36 bits per heavy atom. The third-order valence-electron chi connectivity index (χ3n) is 1.43. The van der Waals surface area contributed by atoms with Crippen molar-refractivity contribution < 1.29 is 19.8 Å². The van der Waals surface area contributed by atoms with Crippen LogP contribution in [-0.4, -0.2) is 50.1 Å². The summed E-state index contributed by atoms with van der Waals surface area (Å²) in [7, 11) is 0. The summed E-state index contributed by atoms with van der Waals surface area (Å²) in [5.74, 6) is -2.02. The van der Waals surface area contributed by atoms with Crippen molar-refractivity contribution in [1.82, 2.24) is 20.7 Å². The van der Waals surface area contributed by atoms with Crippen molar-refractivity contribution in [3.63, 3.8) is 0 Å². The minimum absolute atomic E-state index is 0.0373. The van der Waals surface area contributed by atoms with E-state index in [-0.39, 0.29) is 5.69 Å². The van der Waals surface area contributed by atoms with Gasteiger partial charge in [-0.2, -0.15) is 15.4 Å².